The Labute approximate surface area is 184 Å². The van der Waals surface area contributed by atoms with Crippen LogP contribution in [0, 0.1) is 0 Å². The van der Waals surface area contributed by atoms with E-state index in [9.17, 15) is 0 Å². The van der Waals surface area contributed by atoms with Crippen molar-refractivity contribution in [1.82, 2.24) is 20.0 Å². The monoisotopic (exact) mass is 499 g/mol. The van der Waals surface area contributed by atoms with Crippen molar-refractivity contribution in [3.05, 3.63) is 41.7 Å². The Hall–Kier alpha value is -1.97. The molecule has 1 atom stereocenters. The predicted molar refractivity (Wildman–Crippen MR) is 122 cm³/mol. The Balaban J connectivity index is 0.00000280. The number of rotatable bonds is 6. The van der Waals surface area contributed by atoms with Gasteiger partial charge in [0.2, 0.25) is 0 Å². The van der Waals surface area contributed by atoms with Crippen molar-refractivity contribution in [3.8, 4) is 11.5 Å². The van der Waals surface area contributed by atoms with Gasteiger partial charge in [-0.15, -0.1) is 24.0 Å². The lowest BCUT2D eigenvalue weighted by Crippen LogP contribution is -2.40. The van der Waals surface area contributed by atoms with Crippen molar-refractivity contribution in [2.24, 2.45) is 12.0 Å². The second kappa shape index (κ2) is 10.5. The number of hydrogen-bond donors (Lipinski definition) is 1. The summed E-state index contributed by atoms with van der Waals surface area (Å²) in [5, 5.41) is 7.78. The summed E-state index contributed by atoms with van der Waals surface area (Å²) in [6, 6.07) is 6.04. The number of aliphatic imine (C=N–C) groups is 1. The van der Waals surface area contributed by atoms with E-state index >= 15 is 0 Å². The molecule has 0 amide bonds. The predicted octanol–water partition coefficient (Wildman–Crippen LogP) is 2.66. The highest BCUT2D eigenvalue weighted by Gasteiger charge is 2.26. The third kappa shape index (κ3) is 5.30. The molecule has 1 saturated heterocycles. The van der Waals surface area contributed by atoms with Crippen LogP contribution in [0.15, 0.2) is 35.6 Å². The second-order valence-corrected chi connectivity index (χ2v) is 6.79. The number of ether oxygens (including phenoxy) is 2. The first kappa shape index (κ1) is 22.3. The number of likely N-dealkylation sites (tertiary alicyclic amines) is 1. The van der Waals surface area contributed by atoms with Gasteiger partial charge in [0.05, 0.1) is 20.4 Å². The van der Waals surface area contributed by atoms with Crippen LogP contribution in [0.5, 0.6) is 11.5 Å². The summed E-state index contributed by atoms with van der Waals surface area (Å²) in [5.74, 6) is 2.99. The number of methoxy groups -OCH3 is 2. The number of halogens is 1. The topological polar surface area (TPSA) is 63.9 Å². The van der Waals surface area contributed by atoms with E-state index in [-0.39, 0.29) is 24.0 Å². The molecule has 0 bridgehead atoms. The van der Waals surface area contributed by atoms with Crippen molar-refractivity contribution in [2.45, 2.75) is 18.8 Å². The Kier molecular flexibility index (Phi) is 8.40. The van der Waals surface area contributed by atoms with Gasteiger partial charge in [-0.2, -0.15) is 5.10 Å². The molecule has 28 heavy (non-hydrogen) atoms. The minimum absolute atomic E-state index is 0. The number of nitrogens with one attached hydrogen (secondary N) is 1. The molecule has 1 aromatic carbocycles. The maximum absolute atomic E-state index is 5.38. The van der Waals surface area contributed by atoms with Crippen LogP contribution < -0.4 is 14.8 Å². The Morgan fingerprint density at radius 3 is 2.71 bits per heavy atom. The van der Waals surface area contributed by atoms with E-state index in [1.807, 2.05) is 37.1 Å². The third-order valence-electron chi connectivity index (χ3n) is 5.04. The van der Waals surface area contributed by atoms with Gasteiger partial charge in [-0.1, -0.05) is 6.07 Å². The lowest BCUT2D eigenvalue weighted by Gasteiger charge is -2.21. The zero-order valence-corrected chi connectivity index (χ0v) is 19.3. The fourth-order valence-electron chi connectivity index (χ4n) is 3.56. The summed E-state index contributed by atoms with van der Waals surface area (Å²) in [6.45, 7) is 2.80. The normalized spacial score (nSPS) is 16.6. The molecule has 0 saturated carbocycles. The summed E-state index contributed by atoms with van der Waals surface area (Å²) < 4.78 is 12.5. The number of aromatic nitrogens is 2. The number of nitrogens with zero attached hydrogens (tertiary/aromatic N) is 4. The van der Waals surface area contributed by atoms with Crippen LogP contribution in [-0.4, -0.2) is 61.5 Å². The van der Waals surface area contributed by atoms with Gasteiger partial charge in [0.25, 0.3) is 0 Å². The van der Waals surface area contributed by atoms with Crippen LogP contribution in [0.2, 0.25) is 0 Å². The molecule has 2 aromatic rings. The van der Waals surface area contributed by atoms with Crippen molar-refractivity contribution in [2.75, 3.05) is 40.9 Å². The van der Waals surface area contributed by atoms with E-state index in [0.717, 1.165) is 49.9 Å². The van der Waals surface area contributed by atoms with Gasteiger partial charge in [0.15, 0.2) is 17.5 Å². The minimum atomic E-state index is 0. The second-order valence-electron chi connectivity index (χ2n) is 6.79. The Morgan fingerprint density at radius 1 is 1.29 bits per heavy atom. The maximum Gasteiger partial charge on any atom is 0.193 e. The first-order valence-corrected chi connectivity index (χ1v) is 9.29. The standard InChI is InChI=1S/C20H29N5O2.HI/c1-21-20(25-10-8-16(14-25)17-12-23-24(2)13-17)22-9-7-15-5-6-18(26-3)19(11-15)27-4;/h5-6,11-13,16H,7-10,14H2,1-4H3,(H,21,22);1H. The fraction of sp³-hybridized carbons (Fsp3) is 0.500. The van der Waals surface area contributed by atoms with Crippen LogP contribution in [0.4, 0.5) is 0 Å². The van der Waals surface area contributed by atoms with Gasteiger partial charge in [0, 0.05) is 45.8 Å². The summed E-state index contributed by atoms with van der Waals surface area (Å²) in [5.41, 5.74) is 2.51. The summed E-state index contributed by atoms with van der Waals surface area (Å²) >= 11 is 0. The lowest BCUT2D eigenvalue weighted by molar-refractivity contribution is 0.354. The molecule has 8 heteroatoms. The molecule has 1 fully saturated rings. The molecular formula is C20H30IN5O2. The van der Waals surface area contributed by atoms with Crippen molar-refractivity contribution < 1.29 is 9.47 Å². The van der Waals surface area contributed by atoms with Crippen molar-refractivity contribution in [1.29, 1.82) is 0 Å². The SMILES string of the molecule is CN=C(NCCc1ccc(OC)c(OC)c1)N1CCC(c2cnn(C)c2)C1.I. The highest BCUT2D eigenvalue weighted by Crippen LogP contribution is 2.28. The smallest absolute Gasteiger partial charge is 0.193 e. The van der Waals surface area contributed by atoms with E-state index in [1.165, 1.54) is 11.1 Å². The summed E-state index contributed by atoms with van der Waals surface area (Å²) in [6.07, 6.45) is 6.10. The number of guanidine groups is 1. The van der Waals surface area contributed by atoms with Crippen molar-refractivity contribution >= 4 is 29.9 Å². The first-order valence-electron chi connectivity index (χ1n) is 9.29. The highest BCUT2D eigenvalue weighted by atomic mass is 127. The van der Waals surface area contributed by atoms with Crippen LogP contribution in [-0.2, 0) is 13.5 Å². The van der Waals surface area contributed by atoms with E-state index in [4.69, 9.17) is 9.47 Å². The molecule has 2 heterocycles. The average Bonchev–Trinajstić information content (AvgIpc) is 3.34. The number of hydrogen-bond acceptors (Lipinski definition) is 4. The van der Waals surface area contributed by atoms with Crippen LogP contribution in [0.25, 0.3) is 0 Å². The minimum Gasteiger partial charge on any atom is -0.493 e. The van der Waals surface area contributed by atoms with E-state index in [1.54, 1.807) is 14.2 Å². The van der Waals surface area contributed by atoms with E-state index < -0.39 is 0 Å². The third-order valence-corrected chi connectivity index (χ3v) is 5.04. The largest absolute Gasteiger partial charge is 0.493 e. The fourth-order valence-corrected chi connectivity index (χ4v) is 3.56. The van der Waals surface area contributed by atoms with Gasteiger partial charge < -0.3 is 19.7 Å². The quantitative estimate of drug-likeness (QED) is 0.376. The van der Waals surface area contributed by atoms with Crippen LogP contribution in [0.1, 0.15) is 23.5 Å². The molecule has 0 radical (unpaired) electrons. The van der Waals surface area contributed by atoms with Gasteiger partial charge in [0.1, 0.15) is 0 Å². The average molecular weight is 499 g/mol. The number of benzene rings is 1. The molecule has 1 aliphatic rings. The van der Waals surface area contributed by atoms with Crippen molar-refractivity contribution in [3.63, 3.8) is 0 Å². The molecule has 7 nitrogen and oxygen atoms in total. The molecule has 0 aliphatic carbocycles. The first-order chi connectivity index (χ1) is 13.1. The molecule has 1 N–H and O–H groups in total. The Bertz CT molecular complexity index is 793. The molecule has 0 spiro atoms. The van der Waals surface area contributed by atoms with Crippen LogP contribution >= 0.6 is 24.0 Å². The zero-order chi connectivity index (χ0) is 19.2. The molecule has 1 unspecified atom stereocenters. The molecule has 1 aromatic heterocycles. The lowest BCUT2D eigenvalue weighted by atomic mass is 10.0. The number of aryl methyl sites for hydroxylation is 1. The summed E-state index contributed by atoms with van der Waals surface area (Å²) in [4.78, 5) is 6.79. The van der Waals surface area contributed by atoms with E-state index in [2.05, 4.69) is 32.6 Å². The highest BCUT2D eigenvalue weighted by molar-refractivity contribution is 14.0. The zero-order valence-electron chi connectivity index (χ0n) is 17.0. The molecular weight excluding hydrogens is 469 g/mol. The molecule has 1 aliphatic heterocycles. The maximum atomic E-state index is 5.38. The molecule has 3 rings (SSSR count). The molecule has 154 valence electrons. The summed E-state index contributed by atoms with van der Waals surface area (Å²) in [7, 11) is 7.12. The van der Waals surface area contributed by atoms with Gasteiger partial charge >= 0.3 is 0 Å². The van der Waals surface area contributed by atoms with Gasteiger partial charge in [-0.05, 0) is 36.1 Å². The Morgan fingerprint density at radius 2 is 2.07 bits per heavy atom. The van der Waals surface area contributed by atoms with Gasteiger partial charge in [-0.3, -0.25) is 9.67 Å². The van der Waals surface area contributed by atoms with Crippen LogP contribution in [0.3, 0.4) is 0 Å². The van der Waals surface area contributed by atoms with E-state index in [0.29, 0.717) is 5.92 Å². The van der Waals surface area contributed by atoms with Gasteiger partial charge in [-0.25, -0.2) is 0 Å².